The second-order valence-corrected chi connectivity index (χ2v) is 8.19. The maximum absolute atomic E-state index is 12.7. The molecule has 1 aliphatic heterocycles. The Kier molecular flexibility index (Phi) is 6.32. The second-order valence-electron chi connectivity index (χ2n) is 7.75. The molecule has 0 saturated carbocycles. The topological polar surface area (TPSA) is 72.9 Å². The minimum absolute atomic E-state index is 0.0737. The zero-order valence-corrected chi connectivity index (χ0v) is 18.5. The van der Waals surface area contributed by atoms with Crippen LogP contribution in [0.3, 0.4) is 0 Å². The number of anilines is 3. The average Bonchev–Trinajstić information content (AvgIpc) is 2.80. The van der Waals surface area contributed by atoms with Crippen molar-refractivity contribution in [3.05, 3.63) is 88.4 Å². The lowest BCUT2D eigenvalue weighted by Gasteiger charge is -2.37. The van der Waals surface area contributed by atoms with Gasteiger partial charge in [-0.2, -0.15) is 0 Å². The van der Waals surface area contributed by atoms with Crippen LogP contribution in [0.4, 0.5) is 17.1 Å². The van der Waals surface area contributed by atoms with Crippen LogP contribution < -0.4 is 15.1 Å². The summed E-state index contributed by atoms with van der Waals surface area (Å²) in [5, 5.41) is 13.2. The van der Waals surface area contributed by atoms with Crippen molar-refractivity contribution < 1.29 is 14.7 Å². The van der Waals surface area contributed by atoms with Gasteiger partial charge in [0.25, 0.3) is 5.91 Å². The Morgan fingerprint density at radius 2 is 1.44 bits per heavy atom. The van der Waals surface area contributed by atoms with Crippen molar-refractivity contribution >= 4 is 40.5 Å². The van der Waals surface area contributed by atoms with Crippen molar-refractivity contribution in [1.82, 2.24) is 0 Å². The van der Waals surface area contributed by atoms with Crippen LogP contribution >= 0.6 is 11.6 Å². The molecule has 32 heavy (non-hydrogen) atoms. The van der Waals surface area contributed by atoms with E-state index < -0.39 is 5.97 Å². The van der Waals surface area contributed by atoms with Crippen molar-refractivity contribution in [2.24, 2.45) is 0 Å². The molecule has 1 saturated heterocycles. The quantitative estimate of drug-likeness (QED) is 0.578. The number of halogens is 1. The molecule has 0 bridgehead atoms. The number of carboxylic acids is 1. The first-order valence-corrected chi connectivity index (χ1v) is 10.8. The van der Waals surface area contributed by atoms with Crippen LogP contribution in [0, 0.1) is 6.92 Å². The summed E-state index contributed by atoms with van der Waals surface area (Å²) in [7, 11) is 0. The summed E-state index contributed by atoms with van der Waals surface area (Å²) in [5.41, 5.74) is 3.66. The number of piperazine rings is 1. The molecule has 2 N–H and O–H groups in total. The van der Waals surface area contributed by atoms with E-state index in [1.54, 1.807) is 24.3 Å². The molecule has 1 heterocycles. The molecule has 0 atom stereocenters. The molecule has 0 aromatic heterocycles. The SMILES string of the molecule is Cc1ccccc1C(=O)Nc1ccc(N2CCN(c3ccc(Cl)cc3)CC2)cc1C(=O)O. The van der Waals surface area contributed by atoms with Crippen molar-refractivity contribution in [2.45, 2.75) is 6.92 Å². The molecule has 1 fully saturated rings. The molecule has 0 unspecified atom stereocenters. The highest BCUT2D eigenvalue weighted by atomic mass is 35.5. The van der Waals surface area contributed by atoms with Gasteiger partial charge in [-0.15, -0.1) is 0 Å². The Labute approximate surface area is 192 Å². The summed E-state index contributed by atoms with van der Waals surface area (Å²) in [4.78, 5) is 29.0. The average molecular weight is 450 g/mol. The maximum Gasteiger partial charge on any atom is 0.337 e. The van der Waals surface area contributed by atoms with E-state index in [0.29, 0.717) is 10.6 Å². The lowest BCUT2D eigenvalue weighted by Crippen LogP contribution is -2.46. The van der Waals surface area contributed by atoms with Gasteiger partial charge >= 0.3 is 5.97 Å². The maximum atomic E-state index is 12.7. The van der Waals surface area contributed by atoms with E-state index in [4.69, 9.17) is 11.6 Å². The number of benzene rings is 3. The van der Waals surface area contributed by atoms with Gasteiger partial charge in [-0.1, -0.05) is 29.8 Å². The van der Waals surface area contributed by atoms with Crippen LogP contribution in [0.15, 0.2) is 66.7 Å². The molecule has 1 aliphatic rings. The number of carbonyl (C=O) groups excluding carboxylic acids is 1. The highest BCUT2D eigenvalue weighted by Crippen LogP contribution is 2.27. The van der Waals surface area contributed by atoms with Gasteiger partial charge in [0, 0.05) is 48.1 Å². The van der Waals surface area contributed by atoms with Crippen LogP contribution in [0.2, 0.25) is 5.02 Å². The van der Waals surface area contributed by atoms with E-state index in [0.717, 1.165) is 43.1 Å². The predicted molar refractivity (Wildman–Crippen MR) is 128 cm³/mol. The van der Waals surface area contributed by atoms with Crippen LogP contribution in [0.1, 0.15) is 26.3 Å². The first-order chi connectivity index (χ1) is 15.4. The Balaban J connectivity index is 1.48. The highest BCUT2D eigenvalue weighted by molar-refractivity contribution is 6.30. The lowest BCUT2D eigenvalue weighted by molar-refractivity contribution is 0.0698. The van der Waals surface area contributed by atoms with Crippen LogP contribution in [0.5, 0.6) is 0 Å². The van der Waals surface area contributed by atoms with E-state index in [-0.39, 0.29) is 17.2 Å². The first-order valence-electron chi connectivity index (χ1n) is 10.4. The fourth-order valence-corrected chi connectivity index (χ4v) is 4.03. The number of hydrogen-bond acceptors (Lipinski definition) is 4. The molecule has 0 spiro atoms. The van der Waals surface area contributed by atoms with Crippen molar-refractivity contribution in [3.63, 3.8) is 0 Å². The van der Waals surface area contributed by atoms with Gasteiger partial charge in [-0.3, -0.25) is 4.79 Å². The molecule has 0 aliphatic carbocycles. The normalized spacial score (nSPS) is 13.7. The number of aryl methyl sites for hydroxylation is 1. The highest BCUT2D eigenvalue weighted by Gasteiger charge is 2.21. The number of carboxylic acid groups (broad SMARTS) is 1. The van der Waals surface area contributed by atoms with Gasteiger partial charge < -0.3 is 20.2 Å². The smallest absolute Gasteiger partial charge is 0.337 e. The molecule has 0 radical (unpaired) electrons. The molecule has 1 amide bonds. The Morgan fingerprint density at radius 3 is 2.06 bits per heavy atom. The monoisotopic (exact) mass is 449 g/mol. The van der Waals surface area contributed by atoms with Gasteiger partial charge in [0.2, 0.25) is 0 Å². The van der Waals surface area contributed by atoms with E-state index in [1.165, 1.54) is 0 Å². The van der Waals surface area contributed by atoms with Gasteiger partial charge in [0.1, 0.15) is 0 Å². The third kappa shape index (κ3) is 4.70. The molecular weight excluding hydrogens is 426 g/mol. The van der Waals surface area contributed by atoms with E-state index in [9.17, 15) is 14.7 Å². The molecule has 6 nitrogen and oxygen atoms in total. The van der Waals surface area contributed by atoms with E-state index in [2.05, 4.69) is 15.1 Å². The van der Waals surface area contributed by atoms with Gasteiger partial charge in [0.05, 0.1) is 11.3 Å². The predicted octanol–water partition coefficient (Wildman–Crippen LogP) is 4.93. The fourth-order valence-electron chi connectivity index (χ4n) is 3.91. The summed E-state index contributed by atoms with van der Waals surface area (Å²) < 4.78 is 0. The molecule has 3 aromatic rings. The van der Waals surface area contributed by atoms with E-state index >= 15 is 0 Å². The standard InChI is InChI=1S/C25H24ClN3O3/c1-17-4-2-3-5-21(17)24(30)27-23-11-10-20(16-22(23)25(31)32)29-14-12-28(13-15-29)19-8-6-18(26)7-9-19/h2-11,16H,12-15H2,1H3,(H,27,30)(H,31,32). The Bertz CT molecular complexity index is 1140. The number of aromatic carboxylic acids is 1. The minimum Gasteiger partial charge on any atom is -0.478 e. The summed E-state index contributed by atoms with van der Waals surface area (Å²) in [6.07, 6.45) is 0. The van der Waals surface area contributed by atoms with Gasteiger partial charge in [0.15, 0.2) is 0 Å². The number of rotatable bonds is 5. The molecule has 4 rings (SSSR count). The number of amides is 1. The molecule has 3 aromatic carbocycles. The van der Waals surface area contributed by atoms with Gasteiger partial charge in [-0.25, -0.2) is 4.79 Å². The van der Waals surface area contributed by atoms with Crippen molar-refractivity contribution in [2.75, 3.05) is 41.3 Å². The third-order valence-electron chi connectivity index (χ3n) is 5.71. The Morgan fingerprint density at radius 1 is 0.844 bits per heavy atom. The number of nitrogens with zero attached hydrogens (tertiary/aromatic N) is 2. The lowest BCUT2D eigenvalue weighted by atomic mass is 10.1. The summed E-state index contributed by atoms with van der Waals surface area (Å²) in [6.45, 7) is 5.00. The molecule has 164 valence electrons. The summed E-state index contributed by atoms with van der Waals surface area (Å²) >= 11 is 5.98. The Hall–Kier alpha value is -3.51. The van der Waals surface area contributed by atoms with E-state index in [1.807, 2.05) is 49.4 Å². The molecule has 7 heteroatoms. The zero-order valence-electron chi connectivity index (χ0n) is 17.7. The third-order valence-corrected chi connectivity index (χ3v) is 5.96. The number of nitrogens with one attached hydrogen (secondary N) is 1. The zero-order chi connectivity index (χ0) is 22.7. The van der Waals surface area contributed by atoms with Crippen LogP contribution in [-0.4, -0.2) is 43.2 Å². The largest absolute Gasteiger partial charge is 0.478 e. The molecular formula is C25H24ClN3O3. The van der Waals surface area contributed by atoms with Gasteiger partial charge in [-0.05, 0) is 61.0 Å². The fraction of sp³-hybridized carbons (Fsp3) is 0.200. The van der Waals surface area contributed by atoms with Crippen molar-refractivity contribution in [1.29, 1.82) is 0 Å². The first kappa shape index (κ1) is 21.7. The second kappa shape index (κ2) is 9.32. The van der Waals surface area contributed by atoms with Crippen LogP contribution in [-0.2, 0) is 0 Å². The minimum atomic E-state index is -1.08. The summed E-state index contributed by atoms with van der Waals surface area (Å²) in [5.74, 6) is -1.40. The van der Waals surface area contributed by atoms with Crippen LogP contribution in [0.25, 0.3) is 0 Å². The summed E-state index contributed by atoms with van der Waals surface area (Å²) in [6, 6.07) is 20.1. The number of carbonyl (C=O) groups is 2. The number of hydrogen-bond donors (Lipinski definition) is 2. The van der Waals surface area contributed by atoms with Crippen molar-refractivity contribution in [3.8, 4) is 0 Å².